The highest BCUT2D eigenvalue weighted by Crippen LogP contribution is 2.08. The lowest BCUT2D eigenvalue weighted by Gasteiger charge is -1.98. The summed E-state index contributed by atoms with van der Waals surface area (Å²) in [6.07, 6.45) is 4.13. The summed E-state index contributed by atoms with van der Waals surface area (Å²) in [7, 11) is 0. The maximum atomic E-state index is 10.6. The van der Waals surface area contributed by atoms with Crippen LogP contribution in [0.1, 0.15) is 12.6 Å². The van der Waals surface area contributed by atoms with E-state index in [1.807, 2.05) is 0 Å². The Bertz CT molecular complexity index is 306. The Balaban J connectivity index is 2.41. The van der Waals surface area contributed by atoms with Crippen LogP contribution in [-0.4, -0.2) is 20.8 Å². The molecule has 1 heterocycles. The van der Waals surface area contributed by atoms with E-state index in [0.717, 1.165) is 22.5 Å². The first kappa shape index (κ1) is 10.7. The van der Waals surface area contributed by atoms with E-state index in [4.69, 9.17) is 0 Å². The molecule has 0 saturated carbocycles. The Hall–Kier alpha value is -0.420. The van der Waals surface area contributed by atoms with Crippen LogP contribution in [0.2, 0.25) is 0 Å². The summed E-state index contributed by atoms with van der Waals surface area (Å²) in [6.45, 7) is 1.57. The van der Waals surface area contributed by atoms with E-state index < -0.39 is 0 Å². The highest BCUT2D eigenvalue weighted by atomic mass is 79.9. The zero-order valence-electron chi connectivity index (χ0n) is 7.16. The first-order valence-corrected chi connectivity index (χ1v) is 5.56. The van der Waals surface area contributed by atoms with Crippen LogP contribution < -0.4 is 0 Å². The van der Waals surface area contributed by atoms with E-state index >= 15 is 0 Å². The van der Waals surface area contributed by atoms with E-state index in [1.54, 1.807) is 19.3 Å². The van der Waals surface area contributed by atoms with Gasteiger partial charge in [-0.2, -0.15) is 0 Å². The minimum atomic E-state index is 0.142. The van der Waals surface area contributed by atoms with Gasteiger partial charge in [-0.25, -0.2) is 4.98 Å². The minimum Gasteiger partial charge on any atom is -0.288 e. The van der Waals surface area contributed by atoms with Gasteiger partial charge in [-0.15, -0.1) is 0 Å². The van der Waals surface area contributed by atoms with Crippen LogP contribution in [0.15, 0.2) is 17.0 Å². The molecule has 0 unspecified atom stereocenters. The second-order valence-electron chi connectivity index (χ2n) is 2.42. The van der Waals surface area contributed by atoms with Gasteiger partial charge >= 0.3 is 0 Å². The van der Waals surface area contributed by atoms with Gasteiger partial charge in [0.15, 0.2) is 5.12 Å². The summed E-state index contributed by atoms with van der Waals surface area (Å²) in [5.41, 5.74) is 0.906. The standard InChI is InChI=1S/C8H9BrN2OS/c1-6(12)13-3-2-7-4-10-5-8(9)11-7/h4-5H,2-3H2,1H3. The van der Waals surface area contributed by atoms with Crippen LogP contribution in [0.4, 0.5) is 0 Å². The third kappa shape index (κ3) is 4.38. The number of thioether (sulfide) groups is 1. The van der Waals surface area contributed by atoms with Crippen molar-refractivity contribution in [1.29, 1.82) is 0 Å². The number of aryl methyl sites for hydroxylation is 1. The summed E-state index contributed by atoms with van der Waals surface area (Å²) in [5, 5.41) is 0.142. The number of nitrogens with zero attached hydrogens (tertiary/aromatic N) is 2. The predicted octanol–water partition coefficient (Wildman–Crippen LogP) is 2.06. The third-order valence-corrected chi connectivity index (χ3v) is 2.52. The first-order chi connectivity index (χ1) is 6.18. The normalized spacial score (nSPS) is 10.0. The van der Waals surface area contributed by atoms with Gasteiger partial charge in [0.05, 0.1) is 11.9 Å². The van der Waals surface area contributed by atoms with Crippen LogP contribution in [0.5, 0.6) is 0 Å². The van der Waals surface area contributed by atoms with Crippen molar-refractivity contribution in [3.63, 3.8) is 0 Å². The summed E-state index contributed by atoms with van der Waals surface area (Å²) in [5.74, 6) is 0.764. The second kappa shape index (κ2) is 5.34. The highest BCUT2D eigenvalue weighted by Gasteiger charge is 1.98. The molecule has 0 radical (unpaired) electrons. The number of carbonyl (C=O) groups is 1. The molecule has 0 amide bonds. The van der Waals surface area contributed by atoms with Gasteiger partial charge in [0.2, 0.25) is 0 Å². The Morgan fingerprint density at radius 3 is 3.00 bits per heavy atom. The summed E-state index contributed by atoms with van der Waals surface area (Å²) < 4.78 is 0.734. The molecule has 0 aromatic carbocycles. The van der Waals surface area contributed by atoms with Crippen molar-refractivity contribution >= 4 is 32.8 Å². The number of rotatable bonds is 3. The molecule has 1 aromatic heterocycles. The maximum Gasteiger partial charge on any atom is 0.185 e. The minimum absolute atomic E-state index is 0.142. The van der Waals surface area contributed by atoms with Crippen LogP contribution in [0, 0.1) is 0 Å². The largest absolute Gasteiger partial charge is 0.288 e. The lowest BCUT2D eigenvalue weighted by Crippen LogP contribution is -1.96. The van der Waals surface area contributed by atoms with Crippen molar-refractivity contribution in [2.75, 3.05) is 5.75 Å². The highest BCUT2D eigenvalue weighted by molar-refractivity contribution is 9.10. The van der Waals surface area contributed by atoms with Gasteiger partial charge in [0.25, 0.3) is 0 Å². The summed E-state index contributed by atoms with van der Waals surface area (Å²) in [4.78, 5) is 18.8. The van der Waals surface area contributed by atoms with Gasteiger partial charge in [-0.3, -0.25) is 9.78 Å². The zero-order valence-corrected chi connectivity index (χ0v) is 9.56. The van der Waals surface area contributed by atoms with Crippen molar-refractivity contribution in [2.24, 2.45) is 0 Å². The average molecular weight is 261 g/mol. The van der Waals surface area contributed by atoms with Gasteiger partial charge in [-0.05, 0) is 15.9 Å². The van der Waals surface area contributed by atoms with Crippen molar-refractivity contribution in [1.82, 2.24) is 9.97 Å². The number of hydrogen-bond donors (Lipinski definition) is 0. The van der Waals surface area contributed by atoms with E-state index in [0.29, 0.717) is 0 Å². The second-order valence-corrected chi connectivity index (χ2v) is 4.51. The SMILES string of the molecule is CC(=O)SCCc1cncc(Br)n1. The molecule has 0 aliphatic carbocycles. The molecular formula is C8H9BrN2OS. The molecule has 1 aromatic rings. The van der Waals surface area contributed by atoms with Crippen LogP contribution in [0.3, 0.4) is 0 Å². The molecular weight excluding hydrogens is 252 g/mol. The third-order valence-electron chi connectivity index (χ3n) is 1.32. The molecule has 0 saturated heterocycles. The Kier molecular flexibility index (Phi) is 4.38. The average Bonchev–Trinajstić information content (AvgIpc) is 2.03. The molecule has 0 aliphatic rings. The van der Waals surface area contributed by atoms with E-state index in [1.165, 1.54) is 11.8 Å². The fourth-order valence-corrected chi connectivity index (χ4v) is 1.74. The smallest absolute Gasteiger partial charge is 0.185 e. The van der Waals surface area contributed by atoms with Gasteiger partial charge in [0, 0.05) is 25.3 Å². The van der Waals surface area contributed by atoms with E-state index in [9.17, 15) is 4.79 Å². The Morgan fingerprint density at radius 2 is 2.38 bits per heavy atom. The summed E-state index contributed by atoms with van der Waals surface area (Å²) >= 11 is 4.55. The van der Waals surface area contributed by atoms with Crippen LogP contribution in [0.25, 0.3) is 0 Å². The topological polar surface area (TPSA) is 42.9 Å². The van der Waals surface area contributed by atoms with E-state index in [2.05, 4.69) is 25.9 Å². The molecule has 0 atom stereocenters. The number of carbonyl (C=O) groups excluding carboxylic acids is 1. The zero-order chi connectivity index (χ0) is 9.68. The molecule has 13 heavy (non-hydrogen) atoms. The van der Waals surface area contributed by atoms with Crippen LogP contribution in [-0.2, 0) is 11.2 Å². The number of halogens is 1. The molecule has 0 bridgehead atoms. The Morgan fingerprint density at radius 1 is 1.62 bits per heavy atom. The quantitative estimate of drug-likeness (QED) is 0.835. The van der Waals surface area contributed by atoms with Crippen LogP contribution >= 0.6 is 27.7 Å². The lowest BCUT2D eigenvalue weighted by atomic mass is 10.4. The molecule has 5 heteroatoms. The lowest BCUT2D eigenvalue weighted by molar-refractivity contribution is -0.109. The fourth-order valence-electron chi connectivity index (χ4n) is 0.800. The molecule has 3 nitrogen and oxygen atoms in total. The van der Waals surface area contributed by atoms with Crippen molar-refractivity contribution in [3.05, 3.63) is 22.7 Å². The fraction of sp³-hybridized carbons (Fsp3) is 0.375. The molecule has 0 fully saturated rings. The van der Waals surface area contributed by atoms with Gasteiger partial charge in [0.1, 0.15) is 4.60 Å². The predicted molar refractivity (Wildman–Crippen MR) is 56.6 cm³/mol. The number of hydrogen-bond acceptors (Lipinski definition) is 4. The first-order valence-electron chi connectivity index (χ1n) is 3.78. The van der Waals surface area contributed by atoms with Crippen molar-refractivity contribution in [2.45, 2.75) is 13.3 Å². The van der Waals surface area contributed by atoms with Crippen molar-refractivity contribution < 1.29 is 4.79 Å². The molecule has 1 rings (SSSR count). The molecule has 0 aliphatic heterocycles. The Labute approximate surface area is 89.5 Å². The summed E-state index contributed by atoms with van der Waals surface area (Å²) in [6, 6.07) is 0. The monoisotopic (exact) mass is 260 g/mol. The number of aromatic nitrogens is 2. The van der Waals surface area contributed by atoms with Gasteiger partial charge in [-0.1, -0.05) is 11.8 Å². The van der Waals surface area contributed by atoms with E-state index in [-0.39, 0.29) is 5.12 Å². The molecule has 0 N–H and O–H groups in total. The maximum absolute atomic E-state index is 10.6. The van der Waals surface area contributed by atoms with Crippen molar-refractivity contribution in [3.8, 4) is 0 Å². The molecule has 0 spiro atoms. The van der Waals surface area contributed by atoms with Gasteiger partial charge < -0.3 is 0 Å². The molecule has 70 valence electrons.